The van der Waals surface area contributed by atoms with Crippen LogP contribution in [0, 0.1) is 6.92 Å². The van der Waals surface area contributed by atoms with E-state index < -0.39 is 5.97 Å². The minimum atomic E-state index is -0.773. The highest BCUT2D eigenvalue weighted by atomic mass is 35.5. The van der Waals surface area contributed by atoms with Gasteiger partial charge < -0.3 is 5.11 Å². The van der Waals surface area contributed by atoms with Gasteiger partial charge in [-0.05, 0) is 29.7 Å². The van der Waals surface area contributed by atoms with E-state index in [2.05, 4.69) is 23.1 Å². The Morgan fingerprint density at radius 3 is 2.41 bits per heavy atom. The van der Waals surface area contributed by atoms with Crippen molar-refractivity contribution in [2.24, 2.45) is 0 Å². The van der Waals surface area contributed by atoms with Crippen LogP contribution in [0.5, 0.6) is 0 Å². The summed E-state index contributed by atoms with van der Waals surface area (Å²) in [6.45, 7) is 3.94. The molecule has 0 aromatic heterocycles. The van der Waals surface area contributed by atoms with Crippen molar-refractivity contribution >= 4 is 17.6 Å². The minimum absolute atomic E-state index is 0.138. The number of nitrogens with zero attached hydrogens (tertiary/aromatic N) is 1. The second-order valence-corrected chi connectivity index (χ2v) is 5.83. The number of carboxylic acid groups (broad SMARTS) is 1. The molecule has 3 nitrogen and oxygen atoms in total. The zero-order valence-corrected chi connectivity index (χ0v) is 13.4. The number of hydrogen-bond donors (Lipinski definition) is 1. The van der Waals surface area contributed by atoms with Crippen molar-refractivity contribution in [2.45, 2.75) is 26.4 Å². The summed E-state index contributed by atoms with van der Waals surface area (Å²) in [7, 11) is 0. The van der Waals surface area contributed by atoms with Crippen molar-refractivity contribution in [1.29, 1.82) is 0 Å². The molecule has 0 aliphatic carbocycles. The first kappa shape index (κ1) is 16.5. The van der Waals surface area contributed by atoms with Crippen LogP contribution in [0.15, 0.2) is 48.5 Å². The smallest absolute Gasteiger partial charge is 0.304 e. The molecule has 2 rings (SSSR count). The number of aliphatic carboxylic acids is 1. The average molecular weight is 318 g/mol. The lowest BCUT2D eigenvalue weighted by atomic mass is 10.1. The monoisotopic (exact) mass is 317 g/mol. The van der Waals surface area contributed by atoms with E-state index in [-0.39, 0.29) is 6.42 Å². The molecular weight excluding hydrogens is 298 g/mol. The van der Waals surface area contributed by atoms with Crippen molar-refractivity contribution in [1.82, 2.24) is 4.90 Å². The molecule has 116 valence electrons. The minimum Gasteiger partial charge on any atom is -0.481 e. The van der Waals surface area contributed by atoms with Gasteiger partial charge in [0, 0.05) is 24.7 Å². The van der Waals surface area contributed by atoms with Crippen molar-refractivity contribution in [3.8, 4) is 0 Å². The largest absolute Gasteiger partial charge is 0.481 e. The predicted octanol–water partition coefficient (Wildman–Crippen LogP) is 4.13. The van der Waals surface area contributed by atoms with Crippen LogP contribution in [0.25, 0.3) is 0 Å². The first-order chi connectivity index (χ1) is 10.5. The maximum Gasteiger partial charge on any atom is 0.304 e. The molecule has 2 aromatic carbocycles. The second kappa shape index (κ2) is 7.97. The van der Waals surface area contributed by atoms with Crippen LogP contribution in [0.3, 0.4) is 0 Å². The van der Waals surface area contributed by atoms with E-state index in [1.807, 2.05) is 37.3 Å². The molecule has 2 aromatic rings. The summed E-state index contributed by atoms with van der Waals surface area (Å²) in [4.78, 5) is 13.0. The van der Waals surface area contributed by atoms with E-state index >= 15 is 0 Å². The van der Waals surface area contributed by atoms with Gasteiger partial charge in [-0.1, -0.05) is 54.1 Å². The van der Waals surface area contributed by atoms with Gasteiger partial charge in [0.1, 0.15) is 0 Å². The fourth-order valence-electron chi connectivity index (χ4n) is 2.37. The number of benzene rings is 2. The predicted molar refractivity (Wildman–Crippen MR) is 89.0 cm³/mol. The Hall–Kier alpha value is -1.84. The van der Waals surface area contributed by atoms with Crippen LogP contribution < -0.4 is 0 Å². The SMILES string of the molecule is Cc1cc(CN(CCC(=O)O)Cc2ccccc2)ccc1Cl. The molecule has 0 aliphatic rings. The number of carbonyl (C=O) groups is 1. The Morgan fingerprint density at radius 2 is 1.77 bits per heavy atom. The van der Waals surface area contributed by atoms with Crippen molar-refractivity contribution in [3.63, 3.8) is 0 Å². The van der Waals surface area contributed by atoms with Crippen molar-refractivity contribution < 1.29 is 9.90 Å². The van der Waals surface area contributed by atoms with Gasteiger partial charge in [0.05, 0.1) is 6.42 Å². The molecule has 0 atom stereocenters. The number of halogens is 1. The van der Waals surface area contributed by atoms with Crippen LogP contribution in [-0.4, -0.2) is 22.5 Å². The van der Waals surface area contributed by atoms with Gasteiger partial charge in [-0.3, -0.25) is 9.69 Å². The fourth-order valence-corrected chi connectivity index (χ4v) is 2.49. The van der Waals surface area contributed by atoms with Gasteiger partial charge in [-0.25, -0.2) is 0 Å². The highest BCUT2D eigenvalue weighted by Gasteiger charge is 2.10. The lowest BCUT2D eigenvalue weighted by Gasteiger charge is -2.22. The van der Waals surface area contributed by atoms with Crippen molar-refractivity contribution in [2.75, 3.05) is 6.54 Å². The molecule has 0 heterocycles. The first-order valence-corrected chi connectivity index (χ1v) is 7.65. The standard InChI is InChI=1S/C18H20ClNO2/c1-14-11-16(7-8-17(14)19)13-20(10-9-18(21)22)12-15-5-3-2-4-6-15/h2-8,11H,9-10,12-13H2,1H3,(H,21,22). The van der Waals surface area contributed by atoms with Gasteiger partial charge in [0.25, 0.3) is 0 Å². The highest BCUT2D eigenvalue weighted by Crippen LogP contribution is 2.18. The third-order valence-electron chi connectivity index (χ3n) is 3.52. The third-order valence-corrected chi connectivity index (χ3v) is 3.94. The van der Waals surface area contributed by atoms with E-state index in [4.69, 9.17) is 16.7 Å². The molecule has 0 amide bonds. The Balaban J connectivity index is 2.09. The molecule has 0 aliphatic heterocycles. The lowest BCUT2D eigenvalue weighted by Crippen LogP contribution is -2.25. The van der Waals surface area contributed by atoms with Crippen LogP contribution in [-0.2, 0) is 17.9 Å². The number of hydrogen-bond acceptors (Lipinski definition) is 2. The Labute approximate surface area is 136 Å². The molecule has 0 saturated carbocycles. The van der Waals surface area contributed by atoms with Gasteiger partial charge in [0.15, 0.2) is 0 Å². The lowest BCUT2D eigenvalue weighted by molar-refractivity contribution is -0.137. The van der Waals surface area contributed by atoms with Crippen molar-refractivity contribution in [3.05, 3.63) is 70.2 Å². The number of rotatable bonds is 7. The molecular formula is C18H20ClNO2. The van der Waals surface area contributed by atoms with Crippen LogP contribution in [0.4, 0.5) is 0 Å². The Bertz CT molecular complexity index is 628. The highest BCUT2D eigenvalue weighted by molar-refractivity contribution is 6.31. The number of aryl methyl sites for hydroxylation is 1. The van der Waals surface area contributed by atoms with E-state index in [0.29, 0.717) is 13.1 Å². The zero-order chi connectivity index (χ0) is 15.9. The summed E-state index contributed by atoms with van der Waals surface area (Å²) < 4.78 is 0. The quantitative estimate of drug-likeness (QED) is 0.835. The summed E-state index contributed by atoms with van der Waals surface area (Å²) >= 11 is 6.06. The maximum absolute atomic E-state index is 10.9. The molecule has 0 spiro atoms. The van der Waals surface area contributed by atoms with E-state index in [1.54, 1.807) is 0 Å². The van der Waals surface area contributed by atoms with E-state index in [0.717, 1.165) is 22.7 Å². The molecule has 1 N–H and O–H groups in total. The van der Waals surface area contributed by atoms with Crippen LogP contribution >= 0.6 is 11.6 Å². The molecule has 0 bridgehead atoms. The van der Waals surface area contributed by atoms with Gasteiger partial charge >= 0.3 is 5.97 Å². The summed E-state index contributed by atoms with van der Waals surface area (Å²) in [5.41, 5.74) is 3.36. The summed E-state index contributed by atoms with van der Waals surface area (Å²) in [6, 6.07) is 16.0. The maximum atomic E-state index is 10.9. The average Bonchev–Trinajstić information content (AvgIpc) is 2.49. The van der Waals surface area contributed by atoms with Crippen LogP contribution in [0.1, 0.15) is 23.1 Å². The topological polar surface area (TPSA) is 40.5 Å². The van der Waals surface area contributed by atoms with Crippen LogP contribution in [0.2, 0.25) is 5.02 Å². The normalized spacial score (nSPS) is 10.9. The molecule has 0 fully saturated rings. The molecule has 4 heteroatoms. The van der Waals surface area contributed by atoms with E-state index in [1.165, 1.54) is 5.56 Å². The Morgan fingerprint density at radius 1 is 1.09 bits per heavy atom. The van der Waals surface area contributed by atoms with Gasteiger partial charge in [0.2, 0.25) is 0 Å². The molecule has 0 radical (unpaired) electrons. The summed E-state index contributed by atoms with van der Waals surface area (Å²) in [5.74, 6) is -0.773. The summed E-state index contributed by atoms with van der Waals surface area (Å²) in [5, 5.41) is 9.68. The first-order valence-electron chi connectivity index (χ1n) is 7.27. The molecule has 22 heavy (non-hydrogen) atoms. The Kier molecular flexibility index (Phi) is 5.99. The van der Waals surface area contributed by atoms with Gasteiger partial charge in [-0.15, -0.1) is 0 Å². The fraction of sp³-hybridized carbons (Fsp3) is 0.278. The zero-order valence-electron chi connectivity index (χ0n) is 12.6. The van der Waals surface area contributed by atoms with E-state index in [9.17, 15) is 4.79 Å². The molecule has 0 unspecified atom stereocenters. The number of carboxylic acids is 1. The third kappa shape index (κ3) is 5.17. The molecule has 0 saturated heterocycles. The van der Waals surface area contributed by atoms with Gasteiger partial charge in [-0.2, -0.15) is 0 Å². The second-order valence-electron chi connectivity index (χ2n) is 5.42. The summed E-state index contributed by atoms with van der Waals surface area (Å²) in [6.07, 6.45) is 0.138.